The maximum Gasteiger partial charge on any atom is 0.0239 e. The highest BCUT2D eigenvalue weighted by atomic mass is 32.1. The number of likely N-dealkylation sites (tertiary alicyclic amines) is 1. The van der Waals surface area contributed by atoms with Crippen molar-refractivity contribution in [3.8, 4) is 11.1 Å². The first kappa shape index (κ1) is 20.3. The number of nitrogens with zero attached hydrogens (tertiary/aromatic N) is 2. The highest BCUT2D eigenvalue weighted by molar-refractivity contribution is 7.07. The van der Waals surface area contributed by atoms with Gasteiger partial charge in [-0.15, -0.1) is 0 Å². The van der Waals surface area contributed by atoms with Gasteiger partial charge in [0.05, 0.1) is 0 Å². The normalized spacial score (nSPS) is 15.8. The van der Waals surface area contributed by atoms with E-state index in [1.54, 1.807) is 11.3 Å². The largest absolute Gasteiger partial charge is 0.303 e. The standard InChI is InChI=1S/C26H32N2S/c1-27(20-24-13-17-29-21-24)19-23-11-15-28(16-12-23)14-10-22-6-5-9-26(18-22)25-7-3-2-4-8-25/h2-9,13,17-18,21,23H,10-12,14-16,19-20H2,1H3. The molecule has 152 valence electrons. The quantitative estimate of drug-likeness (QED) is 0.468. The lowest BCUT2D eigenvalue weighted by Gasteiger charge is -2.34. The molecular formula is C26H32N2S. The molecule has 3 heteroatoms. The molecule has 0 spiro atoms. The summed E-state index contributed by atoms with van der Waals surface area (Å²) in [6, 6.07) is 22.0. The van der Waals surface area contributed by atoms with Gasteiger partial charge in [-0.05, 0) is 84.4 Å². The van der Waals surface area contributed by atoms with Crippen molar-refractivity contribution >= 4 is 11.3 Å². The lowest BCUT2D eigenvalue weighted by atomic mass is 9.95. The fourth-order valence-electron chi connectivity index (χ4n) is 4.42. The number of hydrogen-bond donors (Lipinski definition) is 0. The number of rotatable bonds is 8. The second kappa shape index (κ2) is 10.2. The van der Waals surface area contributed by atoms with Crippen molar-refractivity contribution in [1.82, 2.24) is 9.80 Å². The zero-order valence-corrected chi connectivity index (χ0v) is 18.3. The Morgan fingerprint density at radius 1 is 0.931 bits per heavy atom. The molecule has 2 aromatic carbocycles. The van der Waals surface area contributed by atoms with Crippen molar-refractivity contribution in [1.29, 1.82) is 0 Å². The van der Waals surface area contributed by atoms with Gasteiger partial charge in [0.1, 0.15) is 0 Å². The molecule has 0 atom stereocenters. The molecule has 1 fully saturated rings. The van der Waals surface area contributed by atoms with Gasteiger partial charge in [0.25, 0.3) is 0 Å². The van der Waals surface area contributed by atoms with Crippen LogP contribution in [0.15, 0.2) is 71.4 Å². The Kier molecular flexibility index (Phi) is 7.15. The number of thiophene rings is 1. The molecule has 1 aliphatic rings. The van der Waals surface area contributed by atoms with Gasteiger partial charge < -0.3 is 9.80 Å². The molecule has 0 saturated carbocycles. The van der Waals surface area contributed by atoms with Gasteiger partial charge in [-0.2, -0.15) is 11.3 Å². The van der Waals surface area contributed by atoms with Gasteiger partial charge in [-0.3, -0.25) is 0 Å². The molecule has 0 bridgehead atoms. The third kappa shape index (κ3) is 6.02. The molecule has 0 unspecified atom stereocenters. The van der Waals surface area contributed by atoms with Crippen molar-refractivity contribution in [3.63, 3.8) is 0 Å². The van der Waals surface area contributed by atoms with Crippen molar-refractivity contribution in [2.75, 3.05) is 33.2 Å². The Bertz CT molecular complexity index is 851. The Balaban J connectivity index is 1.21. The van der Waals surface area contributed by atoms with Gasteiger partial charge in [0.2, 0.25) is 0 Å². The number of benzene rings is 2. The zero-order valence-electron chi connectivity index (χ0n) is 17.5. The predicted octanol–water partition coefficient (Wildman–Crippen LogP) is 5.80. The molecular weight excluding hydrogens is 372 g/mol. The van der Waals surface area contributed by atoms with Crippen molar-refractivity contribution in [3.05, 3.63) is 82.6 Å². The van der Waals surface area contributed by atoms with Crippen LogP contribution in [0.1, 0.15) is 24.0 Å². The molecule has 0 N–H and O–H groups in total. The third-order valence-electron chi connectivity index (χ3n) is 6.06. The summed E-state index contributed by atoms with van der Waals surface area (Å²) in [5.41, 5.74) is 5.54. The average Bonchev–Trinajstić information content (AvgIpc) is 3.27. The molecule has 0 radical (unpaired) electrons. The monoisotopic (exact) mass is 404 g/mol. The van der Waals surface area contributed by atoms with Crippen LogP contribution in [0.25, 0.3) is 11.1 Å². The Morgan fingerprint density at radius 3 is 2.48 bits per heavy atom. The lowest BCUT2D eigenvalue weighted by molar-refractivity contribution is 0.153. The van der Waals surface area contributed by atoms with Gasteiger partial charge >= 0.3 is 0 Å². The highest BCUT2D eigenvalue weighted by Crippen LogP contribution is 2.22. The molecule has 1 aliphatic heterocycles. The van der Waals surface area contributed by atoms with E-state index in [-0.39, 0.29) is 0 Å². The minimum atomic E-state index is 0.844. The summed E-state index contributed by atoms with van der Waals surface area (Å²) in [5, 5.41) is 4.45. The fraction of sp³-hybridized carbons (Fsp3) is 0.385. The lowest BCUT2D eigenvalue weighted by Crippen LogP contribution is -2.38. The van der Waals surface area contributed by atoms with Gasteiger partial charge in [-0.1, -0.05) is 54.6 Å². The zero-order chi connectivity index (χ0) is 19.9. The molecule has 3 aromatic rings. The minimum Gasteiger partial charge on any atom is -0.303 e. The average molecular weight is 405 g/mol. The van der Waals surface area contributed by atoms with Crippen LogP contribution in [0.4, 0.5) is 0 Å². The summed E-state index contributed by atoms with van der Waals surface area (Å²) in [7, 11) is 2.27. The van der Waals surface area contributed by atoms with E-state index in [4.69, 9.17) is 0 Å². The predicted molar refractivity (Wildman–Crippen MR) is 125 cm³/mol. The second-order valence-electron chi connectivity index (χ2n) is 8.43. The summed E-state index contributed by atoms with van der Waals surface area (Å²) >= 11 is 1.80. The van der Waals surface area contributed by atoms with Crippen LogP contribution >= 0.6 is 11.3 Å². The van der Waals surface area contributed by atoms with E-state index in [1.807, 2.05) is 0 Å². The van der Waals surface area contributed by atoms with Crippen LogP contribution in [0.3, 0.4) is 0 Å². The molecule has 29 heavy (non-hydrogen) atoms. The smallest absolute Gasteiger partial charge is 0.0239 e. The van der Waals surface area contributed by atoms with Crippen LogP contribution in [0.2, 0.25) is 0 Å². The van der Waals surface area contributed by atoms with E-state index in [1.165, 1.54) is 61.3 Å². The topological polar surface area (TPSA) is 6.48 Å². The van der Waals surface area contributed by atoms with Crippen molar-refractivity contribution < 1.29 is 0 Å². The minimum absolute atomic E-state index is 0.844. The summed E-state index contributed by atoms with van der Waals surface area (Å²) in [5.74, 6) is 0.844. The maximum absolute atomic E-state index is 2.66. The van der Waals surface area contributed by atoms with Crippen LogP contribution in [0.5, 0.6) is 0 Å². The van der Waals surface area contributed by atoms with E-state index < -0.39 is 0 Å². The molecule has 2 nitrogen and oxygen atoms in total. The summed E-state index contributed by atoms with van der Waals surface area (Å²) < 4.78 is 0. The first-order valence-electron chi connectivity index (χ1n) is 10.8. The third-order valence-corrected chi connectivity index (χ3v) is 6.79. The Morgan fingerprint density at radius 2 is 1.72 bits per heavy atom. The van der Waals surface area contributed by atoms with Gasteiger partial charge in [0, 0.05) is 19.6 Å². The SMILES string of the molecule is CN(Cc1ccsc1)CC1CCN(CCc2cccc(-c3ccccc3)c2)CC1. The van der Waals surface area contributed by atoms with Crippen LogP contribution < -0.4 is 0 Å². The van der Waals surface area contributed by atoms with Gasteiger partial charge in [0.15, 0.2) is 0 Å². The summed E-state index contributed by atoms with van der Waals surface area (Å²) in [4.78, 5) is 5.15. The summed E-state index contributed by atoms with van der Waals surface area (Å²) in [6.45, 7) is 5.98. The number of piperidine rings is 1. The summed E-state index contributed by atoms with van der Waals surface area (Å²) in [6.07, 6.45) is 3.81. The Hall–Kier alpha value is -1.94. The molecule has 0 aliphatic carbocycles. The van der Waals surface area contributed by atoms with E-state index in [2.05, 4.69) is 88.3 Å². The van der Waals surface area contributed by atoms with Crippen LogP contribution in [-0.2, 0) is 13.0 Å². The first-order chi connectivity index (χ1) is 14.3. The first-order valence-corrected chi connectivity index (χ1v) is 11.8. The molecule has 1 aromatic heterocycles. The van der Waals surface area contributed by atoms with E-state index in [0.29, 0.717) is 0 Å². The molecule has 1 saturated heterocycles. The number of hydrogen-bond acceptors (Lipinski definition) is 3. The van der Waals surface area contributed by atoms with E-state index >= 15 is 0 Å². The highest BCUT2D eigenvalue weighted by Gasteiger charge is 2.20. The van der Waals surface area contributed by atoms with Crippen molar-refractivity contribution in [2.24, 2.45) is 5.92 Å². The van der Waals surface area contributed by atoms with E-state index in [9.17, 15) is 0 Å². The Labute approximate surface area is 179 Å². The second-order valence-corrected chi connectivity index (χ2v) is 9.21. The van der Waals surface area contributed by atoms with Crippen LogP contribution in [0, 0.1) is 5.92 Å². The van der Waals surface area contributed by atoms with Crippen molar-refractivity contribution in [2.45, 2.75) is 25.8 Å². The molecule has 4 rings (SSSR count). The molecule has 0 amide bonds. The van der Waals surface area contributed by atoms with Gasteiger partial charge in [-0.25, -0.2) is 0 Å². The van der Waals surface area contributed by atoms with Crippen LogP contribution in [-0.4, -0.2) is 43.0 Å². The maximum atomic E-state index is 2.66. The van der Waals surface area contributed by atoms with E-state index in [0.717, 1.165) is 18.9 Å². The fourth-order valence-corrected chi connectivity index (χ4v) is 5.08. The molecule has 2 heterocycles.